The number of anilines is 2. The highest BCUT2D eigenvalue weighted by Crippen LogP contribution is 2.26. The zero-order chi connectivity index (χ0) is 19.6. The lowest BCUT2D eigenvalue weighted by Gasteiger charge is -2.15. The molecule has 1 aliphatic carbocycles. The SMILES string of the molecule is Fc1cccnc1-c1ccc(N[C@H]2CC[C@H](Nc3nc4cccnc4[nH]3)C2)nc1. The Kier molecular flexibility index (Phi) is 4.51. The predicted molar refractivity (Wildman–Crippen MR) is 110 cm³/mol. The van der Waals surface area contributed by atoms with Crippen molar-refractivity contribution in [2.45, 2.75) is 31.3 Å². The standard InChI is InChI=1S/C21H20FN7/c22-16-3-1-9-23-19(16)13-5-8-18(25-12-13)26-14-6-7-15(11-14)27-21-28-17-4-2-10-24-20(17)29-21/h1-5,8-10,12,14-15H,6-7,11H2,(H,25,26)(H2,24,27,28,29)/t14-,15-/m0/s1. The van der Waals surface area contributed by atoms with Gasteiger partial charge < -0.3 is 15.6 Å². The molecule has 0 spiro atoms. The molecule has 0 radical (unpaired) electrons. The molecule has 0 bridgehead atoms. The van der Waals surface area contributed by atoms with Crippen molar-refractivity contribution in [2.24, 2.45) is 0 Å². The number of rotatable bonds is 5. The molecule has 4 aromatic rings. The van der Waals surface area contributed by atoms with Gasteiger partial charge in [-0.15, -0.1) is 0 Å². The molecule has 1 saturated carbocycles. The van der Waals surface area contributed by atoms with Gasteiger partial charge in [0.2, 0.25) is 5.95 Å². The van der Waals surface area contributed by atoms with E-state index in [1.54, 1.807) is 24.7 Å². The first-order chi connectivity index (χ1) is 14.2. The molecule has 0 unspecified atom stereocenters. The smallest absolute Gasteiger partial charge is 0.202 e. The molecule has 2 atom stereocenters. The fourth-order valence-electron chi connectivity index (χ4n) is 3.78. The van der Waals surface area contributed by atoms with Gasteiger partial charge in [0.1, 0.15) is 22.8 Å². The molecular formula is C21H20FN7. The first-order valence-corrected chi connectivity index (χ1v) is 9.65. The number of aromatic nitrogens is 5. The van der Waals surface area contributed by atoms with Crippen LogP contribution in [-0.2, 0) is 0 Å². The van der Waals surface area contributed by atoms with Crippen molar-refractivity contribution in [3.63, 3.8) is 0 Å². The molecule has 29 heavy (non-hydrogen) atoms. The Morgan fingerprint density at radius 2 is 1.76 bits per heavy atom. The van der Waals surface area contributed by atoms with Crippen LogP contribution in [0, 0.1) is 5.82 Å². The molecule has 0 saturated heterocycles. The van der Waals surface area contributed by atoms with Crippen molar-refractivity contribution in [1.29, 1.82) is 0 Å². The predicted octanol–water partition coefficient (Wildman–Crippen LogP) is 4.00. The van der Waals surface area contributed by atoms with E-state index in [1.165, 1.54) is 6.07 Å². The van der Waals surface area contributed by atoms with E-state index in [-0.39, 0.29) is 5.82 Å². The summed E-state index contributed by atoms with van der Waals surface area (Å²) in [6.45, 7) is 0. The average Bonchev–Trinajstić information content (AvgIpc) is 3.35. The molecule has 4 aromatic heterocycles. The fourth-order valence-corrected chi connectivity index (χ4v) is 3.78. The lowest BCUT2D eigenvalue weighted by Crippen LogP contribution is -2.21. The van der Waals surface area contributed by atoms with E-state index < -0.39 is 0 Å². The van der Waals surface area contributed by atoms with Gasteiger partial charge >= 0.3 is 0 Å². The Balaban J connectivity index is 1.20. The third-order valence-corrected chi connectivity index (χ3v) is 5.18. The number of nitrogens with zero attached hydrogens (tertiary/aromatic N) is 4. The molecule has 3 N–H and O–H groups in total. The number of hydrogen-bond acceptors (Lipinski definition) is 6. The lowest BCUT2D eigenvalue weighted by molar-refractivity contribution is 0.625. The number of aromatic amines is 1. The van der Waals surface area contributed by atoms with Gasteiger partial charge in [-0.1, -0.05) is 0 Å². The van der Waals surface area contributed by atoms with Gasteiger partial charge in [0, 0.05) is 36.2 Å². The molecule has 0 amide bonds. The van der Waals surface area contributed by atoms with Gasteiger partial charge in [0.25, 0.3) is 0 Å². The minimum absolute atomic E-state index is 0.317. The number of fused-ring (bicyclic) bond motifs is 1. The fraction of sp³-hybridized carbons (Fsp3) is 0.238. The third kappa shape index (κ3) is 3.73. The van der Waals surface area contributed by atoms with Gasteiger partial charge in [0.15, 0.2) is 5.65 Å². The zero-order valence-electron chi connectivity index (χ0n) is 15.6. The highest BCUT2D eigenvalue weighted by Gasteiger charge is 2.25. The number of hydrogen-bond donors (Lipinski definition) is 3. The van der Waals surface area contributed by atoms with Gasteiger partial charge in [-0.3, -0.25) is 4.98 Å². The van der Waals surface area contributed by atoms with Crippen LogP contribution in [0.25, 0.3) is 22.4 Å². The first kappa shape index (κ1) is 17.5. The summed E-state index contributed by atoms with van der Waals surface area (Å²) in [6, 6.07) is 11.2. The Hall–Kier alpha value is -3.55. The molecule has 1 fully saturated rings. The maximum atomic E-state index is 13.9. The maximum absolute atomic E-state index is 13.9. The van der Waals surface area contributed by atoms with Crippen LogP contribution in [0.1, 0.15) is 19.3 Å². The Morgan fingerprint density at radius 3 is 2.55 bits per heavy atom. The van der Waals surface area contributed by atoms with Gasteiger partial charge in [0.05, 0.1) is 0 Å². The second-order valence-electron chi connectivity index (χ2n) is 7.22. The van der Waals surface area contributed by atoms with Crippen LogP contribution in [0.15, 0.2) is 55.0 Å². The number of imidazole rings is 1. The number of H-pyrrole nitrogens is 1. The Labute approximate surface area is 166 Å². The molecule has 4 heterocycles. The third-order valence-electron chi connectivity index (χ3n) is 5.18. The van der Waals surface area contributed by atoms with Gasteiger partial charge in [-0.25, -0.2) is 19.3 Å². The largest absolute Gasteiger partial charge is 0.367 e. The number of halogens is 1. The lowest BCUT2D eigenvalue weighted by atomic mass is 10.2. The first-order valence-electron chi connectivity index (χ1n) is 9.65. The zero-order valence-corrected chi connectivity index (χ0v) is 15.6. The molecule has 5 rings (SSSR count). The Morgan fingerprint density at radius 1 is 0.931 bits per heavy atom. The van der Waals surface area contributed by atoms with Crippen LogP contribution in [0.4, 0.5) is 16.2 Å². The summed E-state index contributed by atoms with van der Waals surface area (Å²) in [5.41, 5.74) is 2.63. The van der Waals surface area contributed by atoms with E-state index >= 15 is 0 Å². The molecular weight excluding hydrogens is 369 g/mol. The van der Waals surface area contributed by atoms with Crippen molar-refractivity contribution in [1.82, 2.24) is 24.9 Å². The van der Waals surface area contributed by atoms with Crippen LogP contribution in [0.3, 0.4) is 0 Å². The minimum Gasteiger partial charge on any atom is -0.367 e. The van der Waals surface area contributed by atoms with Crippen molar-refractivity contribution in [3.05, 3.63) is 60.8 Å². The van der Waals surface area contributed by atoms with E-state index in [1.807, 2.05) is 24.3 Å². The van der Waals surface area contributed by atoms with Crippen molar-refractivity contribution in [3.8, 4) is 11.3 Å². The molecule has 0 aliphatic heterocycles. The van der Waals surface area contributed by atoms with E-state index in [0.717, 1.165) is 42.2 Å². The average molecular weight is 389 g/mol. The summed E-state index contributed by atoms with van der Waals surface area (Å²) in [5.74, 6) is 1.19. The van der Waals surface area contributed by atoms with Crippen molar-refractivity contribution >= 4 is 22.9 Å². The number of pyridine rings is 3. The van der Waals surface area contributed by atoms with Crippen LogP contribution in [0.5, 0.6) is 0 Å². The van der Waals surface area contributed by atoms with Crippen LogP contribution >= 0.6 is 0 Å². The van der Waals surface area contributed by atoms with E-state index in [0.29, 0.717) is 23.3 Å². The second kappa shape index (κ2) is 7.46. The van der Waals surface area contributed by atoms with E-state index in [9.17, 15) is 4.39 Å². The topological polar surface area (TPSA) is 91.4 Å². The van der Waals surface area contributed by atoms with Gasteiger partial charge in [-0.05, 0) is 55.7 Å². The van der Waals surface area contributed by atoms with E-state index in [4.69, 9.17) is 0 Å². The molecule has 146 valence electrons. The monoisotopic (exact) mass is 389 g/mol. The molecule has 8 heteroatoms. The highest BCUT2D eigenvalue weighted by molar-refractivity contribution is 5.72. The molecule has 7 nitrogen and oxygen atoms in total. The van der Waals surface area contributed by atoms with Crippen molar-refractivity contribution < 1.29 is 4.39 Å². The molecule has 0 aromatic carbocycles. The summed E-state index contributed by atoms with van der Waals surface area (Å²) in [7, 11) is 0. The second-order valence-corrected chi connectivity index (χ2v) is 7.22. The van der Waals surface area contributed by atoms with Crippen LogP contribution in [-0.4, -0.2) is 37.0 Å². The normalized spacial score (nSPS) is 18.8. The minimum atomic E-state index is -0.347. The molecule has 1 aliphatic rings. The number of nitrogens with one attached hydrogen (secondary N) is 3. The van der Waals surface area contributed by atoms with E-state index in [2.05, 4.69) is 35.6 Å². The maximum Gasteiger partial charge on any atom is 0.202 e. The van der Waals surface area contributed by atoms with Crippen molar-refractivity contribution in [2.75, 3.05) is 10.6 Å². The summed E-state index contributed by atoms with van der Waals surface area (Å²) in [6.07, 6.45) is 8.02. The summed E-state index contributed by atoms with van der Waals surface area (Å²) >= 11 is 0. The summed E-state index contributed by atoms with van der Waals surface area (Å²) in [4.78, 5) is 20.5. The summed E-state index contributed by atoms with van der Waals surface area (Å²) < 4.78 is 13.9. The van der Waals surface area contributed by atoms with Crippen LogP contribution in [0.2, 0.25) is 0 Å². The quantitative estimate of drug-likeness (QED) is 0.478. The van der Waals surface area contributed by atoms with Crippen LogP contribution < -0.4 is 10.6 Å². The Bertz CT molecular complexity index is 1090. The van der Waals surface area contributed by atoms with Gasteiger partial charge in [-0.2, -0.15) is 0 Å². The summed E-state index contributed by atoms with van der Waals surface area (Å²) in [5, 5.41) is 6.93. The highest BCUT2D eigenvalue weighted by atomic mass is 19.1.